The lowest BCUT2D eigenvalue weighted by atomic mass is 9.99. The first-order valence-corrected chi connectivity index (χ1v) is 4.88. The molecule has 0 aliphatic carbocycles. The van der Waals surface area contributed by atoms with Gasteiger partial charge in [-0.25, -0.2) is 4.79 Å². The lowest BCUT2D eigenvalue weighted by molar-refractivity contribution is -0.142. The van der Waals surface area contributed by atoms with Crippen molar-refractivity contribution in [3.63, 3.8) is 0 Å². The molecule has 1 unspecified atom stereocenters. The fraction of sp³-hybridized carbons (Fsp3) is 0.455. The highest BCUT2D eigenvalue weighted by Gasteiger charge is 2.34. The topological polar surface area (TPSA) is 92.4 Å². The predicted octanol–water partition coefficient (Wildman–Crippen LogP) is -0.126. The fourth-order valence-electron chi connectivity index (χ4n) is 1.04. The molecule has 88 valence electrons. The van der Waals surface area contributed by atoms with Crippen LogP contribution in [0.5, 0.6) is 0 Å². The molecule has 5 heteroatoms. The van der Waals surface area contributed by atoms with Crippen LogP contribution >= 0.6 is 0 Å². The van der Waals surface area contributed by atoms with Crippen molar-refractivity contribution in [2.75, 3.05) is 6.54 Å². The van der Waals surface area contributed by atoms with E-state index in [0.717, 1.165) is 0 Å². The summed E-state index contributed by atoms with van der Waals surface area (Å²) < 4.78 is 0. The van der Waals surface area contributed by atoms with E-state index in [9.17, 15) is 9.59 Å². The van der Waals surface area contributed by atoms with Crippen LogP contribution in [0.15, 0.2) is 12.2 Å². The number of nitrogens with one attached hydrogen (secondary N) is 1. The highest BCUT2D eigenvalue weighted by Crippen LogP contribution is 2.07. The molecule has 0 aromatic rings. The van der Waals surface area contributed by atoms with Gasteiger partial charge in [-0.2, -0.15) is 0 Å². The zero-order chi connectivity index (χ0) is 12.6. The van der Waals surface area contributed by atoms with Gasteiger partial charge < -0.3 is 16.2 Å². The molecular formula is C11H16N2O3. The van der Waals surface area contributed by atoms with E-state index in [1.165, 1.54) is 19.1 Å². The number of rotatable bonds is 4. The average molecular weight is 224 g/mol. The maximum absolute atomic E-state index is 11.2. The van der Waals surface area contributed by atoms with Gasteiger partial charge in [-0.05, 0) is 6.08 Å². The first-order valence-electron chi connectivity index (χ1n) is 4.88. The molecule has 1 atom stereocenters. The molecule has 0 fully saturated rings. The van der Waals surface area contributed by atoms with Crippen LogP contribution < -0.4 is 11.1 Å². The van der Waals surface area contributed by atoms with Gasteiger partial charge >= 0.3 is 5.97 Å². The molecule has 5 nitrogen and oxygen atoms in total. The van der Waals surface area contributed by atoms with E-state index >= 15 is 0 Å². The molecule has 0 bridgehead atoms. The number of aliphatic carboxylic acids is 1. The molecule has 4 N–H and O–H groups in total. The third-order valence-electron chi connectivity index (χ3n) is 1.68. The summed E-state index contributed by atoms with van der Waals surface area (Å²) >= 11 is 0. The van der Waals surface area contributed by atoms with Gasteiger partial charge in [0.1, 0.15) is 0 Å². The van der Waals surface area contributed by atoms with E-state index in [2.05, 4.69) is 17.2 Å². The normalized spacial score (nSPS) is 13.7. The van der Waals surface area contributed by atoms with Gasteiger partial charge in [0.15, 0.2) is 0 Å². The highest BCUT2D eigenvalue weighted by molar-refractivity contribution is 5.91. The van der Waals surface area contributed by atoms with Crippen LogP contribution in [-0.4, -0.2) is 29.1 Å². The van der Waals surface area contributed by atoms with E-state index in [0.29, 0.717) is 6.42 Å². The molecule has 1 amide bonds. The number of carboxylic acids is 1. The lowest BCUT2D eigenvalue weighted by Gasteiger charge is -2.20. The van der Waals surface area contributed by atoms with Crippen LogP contribution in [-0.2, 0) is 9.59 Å². The van der Waals surface area contributed by atoms with E-state index in [4.69, 9.17) is 10.8 Å². The first kappa shape index (κ1) is 14.2. The quantitative estimate of drug-likeness (QED) is 0.458. The Balaban J connectivity index is 5.29. The molecule has 0 aliphatic rings. The number of carbonyl (C=O) groups is 2. The number of nitrogens with two attached hydrogens (primary N) is 1. The molecule has 0 heterocycles. The van der Waals surface area contributed by atoms with Crippen molar-refractivity contribution in [2.24, 2.45) is 5.73 Å². The van der Waals surface area contributed by atoms with Gasteiger partial charge in [-0.3, -0.25) is 4.79 Å². The van der Waals surface area contributed by atoms with Crippen molar-refractivity contribution < 1.29 is 14.7 Å². The maximum Gasteiger partial charge on any atom is 0.346 e. The summed E-state index contributed by atoms with van der Waals surface area (Å²) in [6.45, 7) is 3.21. The molecule has 0 spiro atoms. The van der Waals surface area contributed by atoms with Crippen molar-refractivity contribution in [1.82, 2.24) is 5.32 Å². The molecule has 0 saturated carbocycles. The molecule has 0 aromatic heterocycles. The smallest absolute Gasteiger partial charge is 0.346 e. The second-order valence-corrected chi connectivity index (χ2v) is 3.09. The number of carbonyl (C=O) groups excluding carboxylic acids is 1. The fourth-order valence-corrected chi connectivity index (χ4v) is 1.04. The Bertz CT molecular complexity index is 352. The molecular weight excluding hydrogens is 208 g/mol. The SMILES string of the molecule is CCC#CC(C=CCN)(NC(C)=O)C(=O)O. The Hall–Kier alpha value is -1.80. The van der Waals surface area contributed by atoms with Gasteiger partial charge in [-0.15, -0.1) is 5.92 Å². The van der Waals surface area contributed by atoms with Gasteiger partial charge in [0.05, 0.1) is 0 Å². The van der Waals surface area contributed by atoms with Crippen LogP contribution in [0.25, 0.3) is 0 Å². The second kappa shape index (κ2) is 6.64. The predicted molar refractivity (Wildman–Crippen MR) is 60.4 cm³/mol. The third-order valence-corrected chi connectivity index (χ3v) is 1.68. The van der Waals surface area contributed by atoms with Crippen molar-refractivity contribution in [1.29, 1.82) is 0 Å². The minimum atomic E-state index is -1.68. The Morgan fingerprint density at radius 2 is 2.19 bits per heavy atom. The highest BCUT2D eigenvalue weighted by atomic mass is 16.4. The summed E-state index contributed by atoms with van der Waals surface area (Å²) in [5, 5.41) is 11.4. The van der Waals surface area contributed by atoms with Crippen LogP contribution in [0.3, 0.4) is 0 Å². The van der Waals surface area contributed by atoms with Gasteiger partial charge in [0, 0.05) is 19.9 Å². The second-order valence-electron chi connectivity index (χ2n) is 3.09. The minimum Gasteiger partial charge on any atom is -0.479 e. The van der Waals surface area contributed by atoms with Crippen LogP contribution in [0.1, 0.15) is 20.3 Å². The summed E-state index contributed by atoms with van der Waals surface area (Å²) in [5.41, 5.74) is 3.58. The molecule has 0 aliphatic heterocycles. The van der Waals surface area contributed by atoms with E-state index < -0.39 is 17.4 Å². The largest absolute Gasteiger partial charge is 0.479 e. The summed E-state index contributed by atoms with van der Waals surface area (Å²) in [4.78, 5) is 22.1. The van der Waals surface area contributed by atoms with E-state index in [1.807, 2.05) is 0 Å². The van der Waals surface area contributed by atoms with Gasteiger partial charge in [-0.1, -0.05) is 18.9 Å². The van der Waals surface area contributed by atoms with E-state index in [1.54, 1.807) is 6.92 Å². The Morgan fingerprint density at radius 1 is 1.56 bits per heavy atom. The molecule has 0 radical (unpaired) electrons. The number of hydrogen-bond donors (Lipinski definition) is 3. The molecule has 0 rings (SSSR count). The Kier molecular flexibility index (Phi) is 5.89. The summed E-state index contributed by atoms with van der Waals surface area (Å²) in [7, 11) is 0. The van der Waals surface area contributed by atoms with Gasteiger partial charge in [0.2, 0.25) is 11.4 Å². The zero-order valence-corrected chi connectivity index (χ0v) is 9.41. The minimum absolute atomic E-state index is 0.183. The molecule has 0 aromatic carbocycles. The Labute approximate surface area is 94.7 Å². The average Bonchev–Trinajstić information content (AvgIpc) is 2.21. The van der Waals surface area contributed by atoms with Crippen molar-refractivity contribution >= 4 is 11.9 Å². The summed E-state index contributed by atoms with van der Waals surface area (Å²) in [6, 6.07) is 0. The molecule has 16 heavy (non-hydrogen) atoms. The summed E-state index contributed by atoms with van der Waals surface area (Å²) in [5.74, 6) is 3.48. The lowest BCUT2D eigenvalue weighted by Crippen LogP contribution is -2.51. The van der Waals surface area contributed by atoms with Crippen LogP contribution in [0, 0.1) is 11.8 Å². The van der Waals surface area contributed by atoms with E-state index in [-0.39, 0.29) is 6.54 Å². The van der Waals surface area contributed by atoms with Gasteiger partial charge in [0.25, 0.3) is 0 Å². The first-order chi connectivity index (χ1) is 7.48. The van der Waals surface area contributed by atoms with Crippen LogP contribution in [0.2, 0.25) is 0 Å². The number of carboxylic acid groups (broad SMARTS) is 1. The maximum atomic E-state index is 11.2. The zero-order valence-electron chi connectivity index (χ0n) is 9.41. The van der Waals surface area contributed by atoms with Crippen molar-refractivity contribution in [3.05, 3.63) is 12.2 Å². The van der Waals surface area contributed by atoms with Crippen molar-refractivity contribution in [2.45, 2.75) is 25.8 Å². The molecule has 0 saturated heterocycles. The standard InChI is InChI=1S/C11H16N2O3/c1-3-4-6-11(10(15)16,7-5-8-12)13-9(2)14/h5,7H,3,8,12H2,1-2H3,(H,13,14)(H,15,16). The number of hydrogen-bond acceptors (Lipinski definition) is 3. The number of amides is 1. The monoisotopic (exact) mass is 224 g/mol. The third kappa shape index (κ3) is 4.15. The Morgan fingerprint density at radius 3 is 2.56 bits per heavy atom. The van der Waals surface area contributed by atoms with Crippen LogP contribution in [0.4, 0.5) is 0 Å². The van der Waals surface area contributed by atoms with Crippen molar-refractivity contribution in [3.8, 4) is 11.8 Å². The summed E-state index contributed by atoms with van der Waals surface area (Å²) in [6.07, 6.45) is 3.25.